The Hall–Kier alpha value is -1.68. The highest BCUT2D eigenvalue weighted by Crippen LogP contribution is 2.49. The minimum atomic E-state index is -3.32. The van der Waals surface area contributed by atoms with E-state index in [1.54, 1.807) is 18.7 Å². The summed E-state index contributed by atoms with van der Waals surface area (Å²) >= 11 is 0. The molecule has 3 rings (SSSR count). The van der Waals surface area contributed by atoms with E-state index in [9.17, 15) is 13.2 Å². The van der Waals surface area contributed by atoms with Crippen LogP contribution in [0.15, 0.2) is 4.52 Å². The first-order chi connectivity index (χ1) is 12.7. The van der Waals surface area contributed by atoms with E-state index in [0.29, 0.717) is 50.4 Å². The monoisotopic (exact) mass is 399 g/mol. The van der Waals surface area contributed by atoms with Gasteiger partial charge in [-0.25, -0.2) is 17.5 Å². The molecular weight excluding hydrogens is 370 g/mol. The average Bonchev–Trinajstić information content (AvgIpc) is 3.16. The molecule has 10 heteroatoms. The molecule has 2 amide bonds. The number of hydrogen-bond acceptors (Lipinski definition) is 6. The minimum absolute atomic E-state index is 0.0536. The van der Waals surface area contributed by atoms with E-state index in [4.69, 9.17) is 4.52 Å². The molecule has 0 aromatic carbocycles. The molecule has 2 saturated heterocycles. The third kappa shape index (κ3) is 3.96. The minimum Gasteiger partial charge on any atom is -0.339 e. The maximum absolute atomic E-state index is 12.4. The van der Waals surface area contributed by atoms with Crippen molar-refractivity contribution in [3.8, 4) is 0 Å². The third-order valence-electron chi connectivity index (χ3n) is 5.51. The summed E-state index contributed by atoms with van der Waals surface area (Å²) in [6.45, 7) is 9.93. The number of amides is 2. The number of rotatable bonds is 6. The molecule has 9 nitrogen and oxygen atoms in total. The average molecular weight is 400 g/mol. The lowest BCUT2D eigenvalue weighted by Crippen LogP contribution is -2.63. The number of urea groups is 1. The van der Waals surface area contributed by atoms with E-state index < -0.39 is 10.0 Å². The van der Waals surface area contributed by atoms with Gasteiger partial charge in [-0.1, -0.05) is 19.0 Å². The number of nitrogens with zero attached hydrogens (tertiary/aromatic N) is 4. The Morgan fingerprint density at radius 3 is 2.63 bits per heavy atom. The Kier molecular flexibility index (Phi) is 5.49. The SMILES string of the molecule is CCS(=O)(=O)N1CC(c2nc(C)no2)C2(CN(C(=O)NCCC(C)C)C2)C1. The lowest BCUT2D eigenvalue weighted by atomic mass is 9.71. The van der Waals surface area contributed by atoms with Crippen molar-refractivity contribution in [3.63, 3.8) is 0 Å². The van der Waals surface area contributed by atoms with Crippen molar-refractivity contribution >= 4 is 16.1 Å². The van der Waals surface area contributed by atoms with Crippen LogP contribution in [0.4, 0.5) is 4.79 Å². The second-order valence-corrected chi connectivity index (χ2v) is 10.3. The van der Waals surface area contributed by atoms with Gasteiger partial charge >= 0.3 is 6.03 Å². The van der Waals surface area contributed by atoms with Crippen LogP contribution in [0, 0.1) is 18.3 Å². The predicted octanol–water partition coefficient (Wildman–Crippen LogP) is 1.18. The van der Waals surface area contributed by atoms with Crippen LogP contribution in [0.5, 0.6) is 0 Å². The van der Waals surface area contributed by atoms with E-state index in [1.165, 1.54) is 4.31 Å². The zero-order valence-electron chi connectivity index (χ0n) is 16.4. The summed E-state index contributed by atoms with van der Waals surface area (Å²) in [6.07, 6.45) is 0.928. The molecule has 1 unspecified atom stereocenters. The van der Waals surface area contributed by atoms with Crippen molar-refractivity contribution in [2.75, 3.05) is 38.5 Å². The fraction of sp³-hybridized carbons (Fsp3) is 0.824. The number of likely N-dealkylation sites (tertiary alicyclic amines) is 1. The lowest BCUT2D eigenvalue weighted by Gasteiger charge is -2.49. The highest BCUT2D eigenvalue weighted by Gasteiger charge is 2.59. The van der Waals surface area contributed by atoms with E-state index in [1.807, 2.05) is 0 Å². The Bertz CT molecular complexity index is 785. The van der Waals surface area contributed by atoms with Crippen molar-refractivity contribution in [2.24, 2.45) is 11.3 Å². The van der Waals surface area contributed by atoms with Crippen LogP contribution >= 0.6 is 0 Å². The second-order valence-electron chi connectivity index (χ2n) is 8.06. The van der Waals surface area contributed by atoms with Gasteiger partial charge in [0.25, 0.3) is 0 Å². The van der Waals surface area contributed by atoms with E-state index >= 15 is 0 Å². The first kappa shape index (κ1) is 20.1. The molecule has 1 atom stereocenters. The second kappa shape index (κ2) is 7.38. The van der Waals surface area contributed by atoms with Crippen LogP contribution in [0.2, 0.25) is 0 Å². The number of nitrogens with one attached hydrogen (secondary N) is 1. The summed E-state index contributed by atoms with van der Waals surface area (Å²) in [5, 5.41) is 6.79. The highest BCUT2D eigenvalue weighted by molar-refractivity contribution is 7.89. The molecule has 2 aliphatic heterocycles. The molecule has 1 N–H and O–H groups in total. The Balaban J connectivity index is 1.71. The summed E-state index contributed by atoms with van der Waals surface area (Å²) in [6, 6.07) is -0.0986. The van der Waals surface area contributed by atoms with Gasteiger partial charge in [0, 0.05) is 38.1 Å². The van der Waals surface area contributed by atoms with Gasteiger partial charge < -0.3 is 14.7 Å². The number of sulfonamides is 1. The molecule has 0 bridgehead atoms. The predicted molar refractivity (Wildman–Crippen MR) is 99.7 cm³/mol. The topological polar surface area (TPSA) is 109 Å². The van der Waals surface area contributed by atoms with Gasteiger partial charge in [0.05, 0.1) is 11.7 Å². The summed E-state index contributed by atoms with van der Waals surface area (Å²) in [5.41, 5.74) is -0.364. The van der Waals surface area contributed by atoms with Crippen molar-refractivity contribution in [1.82, 2.24) is 24.7 Å². The largest absolute Gasteiger partial charge is 0.339 e. The van der Waals surface area contributed by atoms with Crippen molar-refractivity contribution in [3.05, 3.63) is 11.7 Å². The van der Waals surface area contributed by atoms with Crippen LogP contribution < -0.4 is 5.32 Å². The number of aryl methyl sites for hydroxylation is 1. The summed E-state index contributed by atoms with van der Waals surface area (Å²) < 4.78 is 31.7. The molecule has 0 aliphatic carbocycles. The fourth-order valence-electron chi connectivity index (χ4n) is 3.87. The van der Waals surface area contributed by atoms with Crippen molar-refractivity contribution in [2.45, 2.75) is 40.0 Å². The number of carbonyl (C=O) groups is 1. The number of hydrogen-bond donors (Lipinski definition) is 1. The smallest absolute Gasteiger partial charge is 0.317 e. The maximum atomic E-state index is 12.4. The van der Waals surface area contributed by atoms with Gasteiger partial charge in [-0.05, 0) is 26.2 Å². The summed E-state index contributed by atoms with van der Waals surface area (Å²) in [7, 11) is -3.32. The van der Waals surface area contributed by atoms with Crippen molar-refractivity contribution < 1.29 is 17.7 Å². The first-order valence-electron chi connectivity index (χ1n) is 9.47. The Morgan fingerprint density at radius 1 is 1.37 bits per heavy atom. The van der Waals surface area contributed by atoms with Crippen LogP contribution in [-0.4, -0.2) is 72.3 Å². The molecular formula is C17H29N5O4S. The molecule has 1 spiro atoms. The first-order valence-corrected chi connectivity index (χ1v) is 11.1. The number of aromatic nitrogens is 2. The molecule has 0 radical (unpaired) electrons. The maximum Gasteiger partial charge on any atom is 0.317 e. The summed E-state index contributed by atoms with van der Waals surface area (Å²) in [5.74, 6) is 1.37. The van der Waals surface area contributed by atoms with Crippen LogP contribution in [0.1, 0.15) is 44.8 Å². The lowest BCUT2D eigenvalue weighted by molar-refractivity contribution is 0.0241. The zero-order valence-corrected chi connectivity index (χ0v) is 17.3. The molecule has 1 aromatic rings. The van der Waals surface area contributed by atoms with E-state index in [0.717, 1.165) is 6.42 Å². The quantitative estimate of drug-likeness (QED) is 0.769. The normalized spacial score (nSPS) is 22.4. The van der Waals surface area contributed by atoms with Gasteiger partial charge in [0.2, 0.25) is 15.9 Å². The molecule has 2 fully saturated rings. The summed E-state index contributed by atoms with van der Waals surface area (Å²) in [4.78, 5) is 18.4. The Morgan fingerprint density at radius 2 is 2.07 bits per heavy atom. The van der Waals surface area contributed by atoms with Gasteiger partial charge in [-0.3, -0.25) is 0 Å². The van der Waals surface area contributed by atoms with E-state index in [2.05, 4.69) is 29.3 Å². The van der Waals surface area contributed by atoms with Gasteiger partial charge in [-0.15, -0.1) is 0 Å². The highest BCUT2D eigenvalue weighted by atomic mass is 32.2. The third-order valence-corrected chi connectivity index (χ3v) is 7.31. The molecule has 0 saturated carbocycles. The molecule has 2 aliphatic rings. The van der Waals surface area contributed by atoms with Gasteiger partial charge in [0.15, 0.2) is 5.82 Å². The molecule has 1 aromatic heterocycles. The zero-order chi connectivity index (χ0) is 19.8. The fourth-order valence-corrected chi connectivity index (χ4v) is 5.07. The van der Waals surface area contributed by atoms with Crippen LogP contribution in [0.3, 0.4) is 0 Å². The van der Waals surface area contributed by atoms with Crippen molar-refractivity contribution in [1.29, 1.82) is 0 Å². The number of carbonyl (C=O) groups excluding carboxylic acids is 1. The van der Waals surface area contributed by atoms with Crippen LogP contribution in [0.25, 0.3) is 0 Å². The van der Waals surface area contributed by atoms with Gasteiger partial charge in [0.1, 0.15) is 0 Å². The van der Waals surface area contributed by atoms with E-state index in [-0.39, 0.29) is 23.1 Å². The Labute approximate surface area is 160 Å². The standard InChI is InChI=1S/C17H29N5O4S/c1-5-27(24,25)22-8-14(15-19-13(4)20-26-15)17(11-22)9-21(10-17)16(23)18-7-6-12(2)3/h12,14H,5-11H2,1-4H3,(H,18,23). The molecule has 27 heavy (non-hydrogen) atoms. The molecule has 3 heterocycles. The van der Waals surface area contributed by atoms with Crippen LogP contribution in [-0.2, 0) is 10.0 Å². The molecule has 152 valence electrons. The van der Waals surface area contributed by atoms with Gasteiger partial charge in [-0.2, -0.15) is 4.98 Å².